The van der Waals surface area contributed by atoms with Crippen LogP contribution in [0.2, 0.25) is 0 Å². The van der Waals surface area contributed by atoms with E-state index in [1.807, 2.05) is 24.4 Å². The standard InChI is InChI=1S/C15H14N2.BrH/c1-11-6-7-13(12(2)9-11)14-10-17-8-4-3-5-15(17)16-14;/h3-10H,1-2H3;1H/p-1. The molecule has 18 heavy (non-hydrogen) atoms. The second-order valence-electron chi connectivity index (χ2n) is 4.41. The number of pyridine rings is 1. The van der Waals surface area contributed by atoms with Crippen molar-refractivity contribution in [1.29, 1.82) is 0 Å². The van der Waals surface area contributed by atoms with Gasteiger partial charge in [-0.05, 0) is 31.5 Å². The topological polar surface area (TPSA) is 17.3 Å². The van der Waals surface area contributed by atoms with Gasteiger partial charge in [0, 0.05) is 18.0 Å². The Morgan fingerprint density at radius 2 is 1.89 bits per heavy atom. The van der Waals surface area contributed by atoms with Crippen molar-refractivity contribution in [3.63, 3.8) is 0 Å². The van der Waals surface area contributed by atoms with Gasteiger partial charge in [0.05, 0.1) is 5.69 Å². The molecule has 0 spiro atoms. The van der Waals surface area contributed by atoms with Gasteiger partial charge in [-0.3, -0.25) is 0 Å². The van der Waals surface area contributed by atoms with Crippen LogP contribution in [0.3, 0.4) is 0 Å². The van der Waals surface area contributed by atoms with Crippen LogP contribution in [0.4, 0.5) is 0 Å². The van der Waals surface area contributed by atoms with Crippen molar-refractivity contribution >= 4 is 5.65 Å². The molecule has 1 aromatic carbocycles. The zero-order valence-electron chi connectivity index (χ0n) is 10.4. The van der Waals surface area contributed by atoms with Crippen molar-refractivity contribution in [2.75, 3.05) is 0 Å². The molecule has 0 unspecified atom stereocenters. The van der Waals surface area contributed by atoms with Gasteiger partial charge in [-0.1, -0.05) is 29.8 Å². The predicted molar refractivity (Wildman–Crippen MR) is 70.1 cm³/mol. The first-order chi connectivity index (χ1) is 8.24. The third-order valence-corrected chi connectivity index (χ3v) is 3.02. The van der Waals surface area contributed by atoms with Crippen LogP contribution < -0.4 is 17.0 Å². The van der Waals surface area contributed by atoms with E-state index in [1.165, 1.54) is 16.7 Å². The minimum atomic E-state index is 0. The molecule has 0 atom stereocenters. The van der Waals surface area contributed by atoms with Gasteiger partial charge in [-0.15, -0.1) is 0 Å². The molecule has 3 rings (SSSR count). The molecule has 0 aliphatic heterocycles. The van der Waals surface area contributed by atoms with E-state index in [0.29, 0.717) is 0 Å². The van der Waals surface area contributed by atoms with Gasteiger partial charge in [-0.25, -0.2) is 4.98 Å². The fourth-order valence-electron chi connectivity index (χ4n) is 2.17. The number of rotatable bonds is 1. The molecule has 0 N–H and O–H groups in total. The van der Waals surface area contributed by atoms with Crippen LogP contribution >= 0.6 is 0 Å². The Bertz CT molecular complexity index is 653. The van der Waals surface area contributed by atoms with Gasteiger partial charge < -0.3 is 21.4 Å². The molecule has 3 heteroatoms. The molecule has 2 nitrogen and oxygen atoms in total. The van der Waals surface area contributed by atoms with E-state index in [9.17, 15) is 0 Å². The summed E-state index contributed by atoms with van der Waals surface area (Å²) in [5, 5.41) is 0. The van der Waals surface area contributed by atoms with Crippen molar-refractivity contribution in [2.45, 2.75) is 13.8 Å². The van der Waals surface area contributed by atoms with Crippen LogP contribution in [-0.4, -0.2) is 9.38 Å². The number of aryl methyl sites for hydroxylation is 2. The zero-order chi connectivity index (χ0) is 11.8. The third kappa shape index (κ3) is 2.18. The maximum Gasteiger partial charge on any atom is 0.137 e. The lowest BCUT2D eigenvalue weighted by molar-refractivity contribution is -0.00000361. The van der Waals surface area contributed by atoms with Crippen molar-refractivity contribution < 1.29 is 17.0 Å². The number of halogens is 1. The van der Waals surface area contributed by atoms with E-state index >= 15 is 0 Å². The van der Waals surface area contributed by atoms with Crippen molar-refractivity contribution in [2.24, 2.45) is 0 Å². The molecule has 2 heterocycles. The van der Waals surface area contributed by atoms with E-state index in [2.05, 4.69) is 47.6 Å². The molecule has 92 valence electrons. The van der Waals surface area contributed by atoms with Crippen LogP contribution in [0.5, 0.6) is 0 Å². The average Bonchev–Trinajstić information content (AvgIpc) is 2.72. The van der Waals surface area contributed by atoms with Gasteiger partial charge in [0.25, 0.3) is 0 Å². The maximum absolute atomic E-state index is 4.64. The quantitative estimate of drug-likeness (QED) is 0.644. The highest BCUT2D eigenvalue weighted by Crippen LogP contribution is 2.23. The third-order valence-electron chi connectivity index (χ3n) is 3.02. The number of benzene rings is 1. The Labute approximate surface area is 117 Å². The largest absolute Gasteiger partial charge is 1.00 e. The number of imidazole rings is 1. The summed E-state index contributed by atoms with van der Waals surface area (Å²) >= 11 is 0. The lowest BCUT2D eigenvalue weighted by Gasteiger charge is -2.02. The summed E-state index contributed by atoms with van der Waals surface area (Å²) in [6.07, 6.45) is 4.10. The van der Waals surface area contributed by atoms with E-state index in [1.54, 1.807) is 0 Å². The van der Waals surface area contributed by atoms with E-state index in [0.717, 1.165) is 11.3 Å². The second kappa shape index (κ2) is 4.94. The number of hydrogen-bond donors (Lipinski definition) is 0. The van der Waals surface area contributed by atoms with Gasteiger partial charge in [0.1, 0.15) is 5.65 Å². The molecule has 0 aliphatic carbocycles. The molecule has 0 fully saturated rings. The summed E-state index contributed by atoms with van der Waals surface area (Å²) in [7, 11) is 0. The smallest absolute Gasteiger partial charge is 0.137 e. The number of aromatic nitrogens is 2. The first-order valence-electron chi connectivity index (χ1n) is 5.75. The molecule has 0 amide bonds. The summed E-state index contributed by atoms with van der Waals surface area (Å²) in [6, 6.07) is 12.5. The monoisotopic (exact) mass is 301 g/mol. The summed E-state index contributed by atoms with van der Waals surface area (Å²) < 4.78 is 2.05. The average molecular weight is 302 g/mol. The van der Waals surface area contributed by atoms with E-state index in [-0.39, 0.29) is 17.0 Å². The van der Waals surface area contributed by atoms with Crippen molar-refractivity contribution in [3.8, 4) is 11.3 Å². The van der Waals surface area contributed by atoms with Gasteiger partial charge >= 0.3 is 0 Å². The SMILES string of the molecule is Cc1ccc(-c2cn3ccccc3n2)c(C)c1.[Br-]. The lowest BCUT2D eigenvalue weighted by Crippen LogP contribution is -3.00. The normalized spacial score (nSPS) is 10.3. The van der Waals surface area contributed by atoms with Crippen molar-refractivity contribution in [1.82, 2.24) is 9.38 Å². The van der Waals surface area contributed by atoms with Crippen LogP contribution in [0, 0.1) is 13.8 Å². The van der Waals surface area contributed by atoms with Crippen LogP contribution in [0.1, 0.15) is 11.1 Å². The number of hydrogen-bond acceptors (Lipinski definition) is 1. The molecule has 0 saturated heterocycles. The van der Waals surface area contributed by atoms with Crippen LogP contribution in [-0.2, 0) is 0 Å². The minimum absolute atomic E-state index is 0. The molecule has 0 saturated carbocycles. The molecule has 3 aromatic rings. The maximum atomic E-state index is 4.64. The molecule has 0 bridgehead atoms. The second-order valence-corrected chi connectivity index (χ2v) is 4.41. The molecule has 0 aliphatic rings. The number of fused-ring (bicyclic) bond motifs is 1. The minimum Gasteiger partial charge on any atom is -1.00 e. The summed E-state index contributed by atoms with van der Waals surface area (Å²) in [4.78, 5) is 4.64. The zero-order valence-corrected chi connectivity index (χ0v) is 12.0. The Balaban J connectivity index is 0.00000120. The predicted octanol–water partition coefficient (Wildman–Crippen LogP) is 0.622. The van der Waals surface area contributed by atoms with Gasteiger partial charge in [0.15, 0.2) is 0 Å². The fourth-order valence-corrected chi connectivity index (χ4v) is 2.17. The summed E-state index contributed by atoms with van der Waals surface area (Å²) in [6.45, 7) is 4.24. The molecular formula is C15H14BrN2-. The Kier molecular flexibility index (Phi) is 3.53. The molecular weight excluding hydrogens is 288 g/mol. The van der Waals surface area contributed by atoms with E-state index in [4.69, 9.17) is 0 Å². The Hall–Kier alpha value is -1.61. The highest BCUT2D eigenvalue weighted by molar-refractivity contribution is 5.66. The van der Waals surface area contributed by atoms with Crippen LogP contribution in [0.15, 0.2) is 48.8 Å². The van der Waals surface area contributed by atoms with Gasteiger partial charge in [-0.2, -0.15) is 0 Å². The molecule has 2 aromatic heterocycles. The van der Waals surface area contributed by atoms with E-state index < -0.39 is 0 Å². The first-order valence-corrected chi connectivity index (χ1v) is 5.75. The van der Waals surface area contributed by atoms with Crippen molar-refractivity contribution in [3.05, 3.63) is 59.9 Å². The molecule has 0 radical (unpaired) electrons. The van der Waals surface area contributed by atoms with Gasteiger partial charge in [0.2, 0.25) is 0 Å². The highest BCUT2D eigenvalue weighted by atomic mass is 79.9. The fraction of sp³-hybridized carbons (Fsp3) is 0.133. The number of nitrogens with zero attached hydrogens (tertiary/aromatic N) is 2. The summed E-state index contributed by atoms with van der Waals surface area (Å²) in [5.41, 5.74) is 5.79. The van der Waals surface area contributed by atoms with Crippen LogP contribution in [0.25, 0.3) is 16.9 Å². The summed E-state index contributed by atoms with van der Waals surface area (Å²) in [5.74, 6) is 0. The first kappa shape index (κ1) is 12.8. The lowest BCUT2D eigenvalue weighted by atomic mass is 10.0. The highest BCUT2D eigenvalue weighted by Gasteiger charge is 2.06. The Morgan fingerprint density at radius 1 is 1.06 bits per heavy atom. The Morgan fingerprint density at radius 3 is 2.61 bits per heavy atom.